The number of nitrogens with zero attached hydrogens (tertiary/aromatic N) is 4. The van der Waals surface area contributed by atoms with Crippen LogP contribution in [-0.2, 0) is 11.2 Å². The van der Waals surface area contributed by atoms with Crippen molar-refractivity contribution in [1.82, 2.24) is 30.1 Å². The molecule has 0 aromatic carbocycles. The molecular weight excluding hydrogens is 336 g/mol. The third-order valence-corrected chi connectivity index (χ3v) is 4.79. The molecule has 0 spiro atoms. The summed E-state index contributed by atoms with van der Waals surface area (Å²) in [5.41, 5.74) is 2.80. The van der Waals surface area contributed by atoms with Gasteiger partial charge in [-0.2, -0.15) is 10.1 Å². The lowest BCUT2D eigenvalue weighted by molar-refractivity contribution is 0.199. The number of H-pyrrole nitrogens is 1. The molecule has 0 atom stereocenters. The van der Waals surface area contributed by atoms with E-state index in [4.69, 9.17) is 9.26 Å². The summed E-state index contributed by atoms with van der Waals surface area (Å²) >= 11 is 0. The minimum atomic E-state index is -0.147. The number of aryl methyl sites for hydroxylation is 1. The van der Waals surface area contributed by atoms with Gasteiger partial charge in [0.1, 0.15) is 11.2 Å². The second kappa shape index (κ2) is 7.00. The Hall–Kier alpha value is -2.52. The molecule has 0 saturated carbocycles. The molecule has 26 heavy (non-hydrogen) atoms. The predicted molar refractivity (Wildman–Crippen MR) is 94.3 cm³/mol. The molecule has 0 aliphatic carbocycles. The molecule has 9 heteroatoms. The second-order valence-electron chi connectivity index (χ2n) is 6.56. The molecule has 0 radical (unpaired) electrons. The van der Waals surface area contributed by atoms with Crippen molar-refractivity contribution in [3.63, 3.8) is 0 Å². The Balaban J connectivity index is 1.81. The molecule has 1 aliphatic heterocycles. The van der Waals surface area contributed by atoms with E-state index in [9.17, 15) is 4.79 Å². The van der Waals surface area contributed by atoms with Crippen LogP contribution >= 0.6 is 0 Å². The lowest BCUT2D eigenvalue weighted by atomic mass is 9.94. The minimum Gasteiger partial charge on any atom is -0.384 e. The number of aromatic nitrogens is 5. The topological polar surface area (TPSA) is 110 Å². The van der Waals surface area contributed by atoms with Gasteiger partial charge in [-0.3, -0.25) is 4.79 Å². The zero-order chi connectivity index (χ0) is 18.1. The number of methoxy groups -OCH3 is 1. The summed E-state index contributed by atoms with van der Waals surface area (Å²) in [5.74, 6) is 1.23. The number of nitrogens with one attached hydrogen (secondary N) is 2. The zero-order valence-corrected chi connectivity index (χ0v) is 14.9. The Morgan fingerprint density at radius 1 is 1.38 bits per heavy atom. The summed E-state index contributed by atoms with van der Waals surface area (Å²) in [6.07, 6.45) is 2.53. The maximum atomic E-state index is 12.3. The van der Waals surface area contributed by atoms with E-state index in [1.54, 1.807) is 13.2 Å². The van der Waals surface area contributed by atoms with Gasteiger partial charge in [0.05, 0.1) is 18.0 Å². The first-order chi connectivity index (χ1) is 12.7. The molecule has 0 unspecified atom stereocenters. The van der Waals surface area contributed by atoms with Crippen LogP contribution in [0.4, 0.5) is 0 Å². The number of ether oxygens (including phenoxy) is 1. The van der Waals surface area contributed by atoms with Crippen molar-refractivity contribution in [2.24, 2.45) is 0 Å². The number of fused-ring (bicyclic) bond motifs is 1. The molecule has 3 aromatic heterocycles. The van der Waals surface area contributed by atoms with E-state index in [1.165, 1.54) is 0 Å². The van der Waals surface area contributed by atoms with Crippen LogP contribution in [0.1, 0.15) is 36.0 Å². The smallest absolute Gasteiger partial charge is 0.263 e. The van der Waals surface area contributed by atoms with E-state index in [-0.39, 0.29) is 5.56 Å². The van der Waals surface area contributed by atoms with Crippen LogP contribution in [0.15, 0.2) is 15.4 Å². The SMILES string of the molecule is COCCc1noc(-c2c(C)nn3c(C4CCNCC4)cc(=O)[nH]c23)n1. The van der Waals surface area contributed by atoms with Crippen LogP contribution in [0.2, 0.25) is 0 Å². The Kier molecular flexibility index (Phi) is 4.56. The number of rotatable bonds is 5. The normalized spacial score (nSPS) is 15.8. The van der Waals surface area contributed by atoms with Crippen LogP contribution in [0.25, 0.3) is 17.1 Å². The molecule has 4 heterocycles. The van der Waals surface area contributed by atoms with E-state index in [0.29, 0.717) is 41.9 Å². The van der Waals surface area contributed by atoms with Gasteiger partial charge in [-0.25, -0.2) is 4.52 Å². The highest BCUT2D eigenvalue weighted by Gasteiger charge is 2.24. The maximum Gasteiger partial charge on any atom is 0.263 e. The standard InChI is InChI=1S/C17H22N6O3/c1-10-15(17-19-13(22-26-17)5-8-25-2)16-20-14(24)9-12(23(16)21-10)11-3-6-18-7-4-11/h9,11,18H,3-8H2,1-2H3,(H,20,24). The fraction of sp³-hybridized carbons (Fsp3) is 0.529. The number of aromatic amines is 1. The Bertz CT molecular complexity index is 967. The molecule has 3 aromatic rings. The van der Waals surface area contributed by atoms with Gasteiger partial charge in [0, 0.05) is 25.5 Å². The van der Waals surface area contributed by atoms with Gasteiger partial charge in [-0.05, 0) is 32.9 Å². The Labute approximate surface area is 149 Å². The van der Waals surface area contributed by atoms with Crippen molar-refractivity contribution in [1.29, 1.82) is 0 Å². The van der Waals surface area contributed by atoms with Crippen LogP contribution in [0, 0.1) is 6.92 Å². The van der Waals surface area contributed by atoms with E-state index in [2.05, 4.69) is 25.5 Å². The van der Waals surface area contributed by atoms with Crippen LogP contribution in [0.3, 0.4) is 0 Å². The molecular formula is C17H22N6O3. The van der Waals surface area contributed by atoms with Crippen LogP contribution in [-0.4, -0.2) is 51.5 Å². The average Bonchev–Trinajstić information content (AvgIpc) is 3.23. The van der Waals surface area contributed by atoms with Gasteiger partial charge in [-0.15, -0.1) is 0 Å². The van der Waals surface area contributed by atoms with Crippen LogP contribution in [0.5, 0.6) is 0 Å². The minimum absolute atomic E-state index is 0.147. The third-order valence-electron chi connectivity index (χ3n) is 4.79. The van der Waals surface area contributed by atoms with Gasteiger partial charge in [0.15, 0.2) is 5.82 Å². The molecule has 9 nitrogen and oxygen atoms in total. The summed E-state index contributed by atoms with van der Waals surface area (Å²) < 4.78 is 12.3. The largest absolute Gasteiger partial charge is 0.384 e. The van der Waals surface area contributed by atoms with Crippen molar-refractivity contribution in [2.75, 3.05) is 26.8 Å². The van der Waals surface area contributed by atoms with Crippen molar-refractivity contribution in [3.8, 4) is 11.5 Å². The third kappa shape index (κ3) is 3.04. The summed E-state index contributed by atoms with van der Waals surface area (Å²) in [7, 11) is 1.63. The van der Waals surface area contributed by atoms with Crippen molar-refractivity contribution < 1.29 is 9.26 Å². The van der Waals surface area contributed by atoms with Crippen LogP contribution < -0.4 is 10.9 Å². The fourth-order valence-corrected chi connectivity index (χ4v) is 3.49. The predicted octanol–water partition coefficient (Wildman–Crippen LogP) is 1.04. The van der Waals surface area contributed by atoms with E-state index in [0.717, 1.165) is 37.3 Å². The molecule has 2 N–H and O–H groups in total. The summed E-state index contributed by atoms with van der Waals surface area (Å²) in [5, 5.41) is 12.0. The van der Waals surface area contributed by atoms with E-state index in [1.807, 2.05) is 11.4 Å². The molecule has 1 aliphatic rings. The highest BCUT2D eigenvalue weighted by atomic mass is 16.5. The first kappa shape index (κ1) is 16.9. The highest BCUT2D eigenvalue weighted by molar-refractivity contribution is 5.74. The van der Waals surface area contributed by atoms with Crippen molar-refractivity contribution >= 4 is 5.65 Å². The van der Waals surface area contributed by atoms with Gasteiger partial charge in [-0.1, -0.05) is 5.16 Å². The molecule has 0 amide bonds. The van der Waals surface area contributed by atoms with E-state index < -0.39 is 0 Å². The zero-order valence-electron chi connectivity index (χ0n) is 14.9. The van der Waals surface area contributed by atoms with Gasteiger partial charge < -0.3 is 19.6 Å². The molecule has 1 saturated heterocycles. The van der Waals surface area contributed by atoms with E-state index >= 15 is 0 Å². The second-order valence-corrected chi connectivity index (χ2v) is 6.56. The fourth-order valence-electron chi connectivity index (χ4n) is 3.49. The van der Waals surface area contributed by atoms with Crippen molar-refractivity contribution in [2.45, 2.75) is 32.1 Å². The number of piperidine rings is 1. The summed E-state index contributed by atoms with van der Waals surface area (Å²) in [6.45, 7) is 4.28. The molecule has 4 rings (SSSR count). The lowest BCUT2D eigenvalue weighted by Crippen LogP contribution is -2.28. The lowest BCUT2D eigenvalue weighted by Gasteiger charge is -2.23. The highest BCUT2D eigenvalue weighted by Crippen LogP contribution is 2.29. The quantitative estimate of drug-likeness (QED) is 0.701. The molecule has 0 bridgehead atoms. The molecule has 1 fully saturated rings. The Morgan fingerprint density at radius 3 is 2.96 bits per heavy atom. The van der Waals surface area contributed by atoms with Gasteiger partial charge in [0.2, 0.25) is 0 Å². The maximum absolute atomic E-state index is 12.3. The summed E-state index contributed by atoms with van der Waals surface area (Å²) in [6, 6.07) is 1.65. The number of hydrogen-bond donors (Lipinski definition) is 2. The average molecular weight is 358 g/mol. The van der Waals surface area contributed by atoms with Gasteiger partial charge >= 0.3 is 0 Å². The molecule has 138 valence electrons. The Morgan fingerprint density at radius 2 is 2.19 bits per heavy atom. The van der Waals surface area contributed by atoms with Crippen molar-refractivity contribution in [3.05, 3.63) is 33.6 Å². The first-order valence-corrected chi connectivity index (χ1v) is 8.82. The summed E-state index contributed by atoms with van der Waals surface area (Å²) in [4.78, 5) is 19.6. The first-order valence-electron chi connectivity index (χ1n) is 8.82. The number of hydrogen-bond acceptors (Lipinski definition) is 7. The monoisotopic (exact) mass is 358 g/mol. The van der Waals surface area contributed by atoms with Gasteiger partial charge in [0.25, 0.3) is 11.4 Å².